The van der Waals surface area contributed by atoms with Crippen LogP contribution in [0.25, 0.3) is 0 Å². The molecule has 4 rings (SSSR count). The molecule has 214 valence electrons. The average Bonchev–Trinajstić information content (AvgIpc) is 3.57. The summed E-state index contributed by atoms with van der Waals surface area (Å²) in [5, 5.41) is 0. The van der Waals surface area contributed by atoms with Crippen molar-refractivity contribution in [3.05, 3.63) is 97.1 Å². The quantitative estimate of drug-likeness (QED) is 0.101. The number of aromatic nitrogens is 4. The van der Waals surface area contributed by atoms with E-state index in [1.807, 2.05) is 14.1 Å². The van der Waals surface area contributed by atoms with Crippen LogP contribution in [0.2, 0.25) is 0 Å². The van der Waals surface area contributed by atoms with Gasteiger partial charge in [-0.3, -0.25) is 0 Å². The predicted molar refractivity (Wildman–Crippen MR) is 159 cm³/mol. The lowest BCUT2D eigenvalue weighted by Crippen LogP contribution is -2.23. The van der Waals surface area contributed by atoms with Crippen LogP contribution >= 0.6 is 0 Å². The molecule has 0 amide bonds. The third kappa shape index (κ3) is 10.9. The molecule has 0 aliphatic rings. The molecule has 2 aromatic carbocycles. The Kier molecular flexibility index (Phi) is 12.2. The topological polar surface area (TPSA) is 36.1 Å². The second-order valence-corrected chi connectivity index (χ2v) is 11.0. The highest BCUT2D eigenvalue weighted by molar-refractivity contribution is 5.28. The Balaban J connectivity index is 0.920. The van der Waals surface area contributed by atoms with Crippen molar-refractivity contribution in [2.24, 2.45) is 14.1 Å². The molecule has 0 saturated heterocycles. The van der Waals surface area contributed by atoms with Crippen LogP contribution in [0.1, 0.15) is 75.3 Å². The highest BCUT2D eigenvalue weighted by atomic mass is 16.5. The largest absolute Gasteiger partial charge is 0.494 e. The van der Waals surface area contributed by atoms with Crippen LogP contribution in [0.4, 0.5) is 0 Å². The summed E-state index contributed by atoms with van der Waals surface area (Å²) in [6.45, 7) is 3.40. The Hall–Kier alpha value is -3.54. The molecule has 4 aromatic rings. The van der Waals surface area contributed by atoms with Gasteiger partial charge in [0.05, 0.1) is 27.3 Å². The number of aryl methyl sites for hydroxylation is 2. The zero-order chi connectivity index (χ0) is 27.8. The molecule has 40 heavy (non-hydrogen) atoms. The molecule has 6 nitrogen and oxygen atoms in total. The van der Waals surface area contributed by atoms with Crippen LogP contribution in [0.3, 0.4) is 0 Å². The average molecular weight is 545 g/mol. The molecule has 0 atom stereocenters. The molecule has 0 spiro atoms. The number of imidazole rings is 2. The highest BCUT2D eigenvalue weighted by Crippen LogP contribution is 2.16. The molecule has 0 aliphatic carbocycles. The second kappa shape index (κ2) is 16.5. The van der Waals surface area contributed by atoms with Crippen LogP contribution in [-0.2, 0) is 27.2 Å². The summed E-state index contributed by atoms with van der Waals surface area (Å²) in [6.07, 6.45) is 25.3. The summed E-state index contributed by atoms with van der Waals surface area (Å²) in [4.78, 5) is 0. The number of hydrogen-bond acceptors (Lipinski definition) is 2. The van der Waals surface area contributed by atoms with Crippen molar-refractivity contribution in [1.82, 2.24) is 9.13 Å². The maximum absolute atomic E-state index is 5.94. The molecular weight excluding hydrogens is 496 g/mol. The summed E-state index contributed by atoms with van der Waals surface area (Å²) in [7, 11) is 4.09. The Morgan fingerprint density at radius 2 is 0.850 bits per heavy atom. The zero-order valence-corrected chi connectivity index (χ0v) is 24.6. The first-order valence-electron chi connectivity index (χ1n) is 15.1. The molecule has 0 unspecified atom stereocenters. The lowest BCUT2D eigenvalue weighted by Gasteiger charge is -2.07. The number of hydrogen-bond donors (Lipinski definition) is 0. The van der Waals surface area contributed by atoms with E-state index in [0.717, 1.165) is 50.6 Å². The lowest BCUT2D eigenvalue weighted by atomic mass is 10.1. The predicted octanol–water partition coefficient (Wildman–Crippen LogP) is 6.39. The van der Waals surface area contributed by atoms with Gasteiger partial charge in [-0.1, -0.05) is 75.6 Å². The van der Waals surface area contributed by atoms with E-state index in [1.165, 1.54) is 62.5 Å². The number of unbranched alkanes of at least 4 members (excludes halogenated alkanes) is 9. The fourth-order valence-electron chi connectivity index (χ4n) is 4.99. The normalized spacial score (nSPS) is 11.2. The number of nitrogens with zero attached hydrogens (tertiary/aromatic N) is 4. The molecule has 0 N–H and O–H groups in total. The minimum absolute atomic E-state index is 0.811. The molecule has 0 saturated carbocycles. The minimum atomic E-state index is 0.811. The third-order valence-corrected chi connectivity index (χ3v) is 7.30. The third-order valence-electron chi connectivity index (χ3n) is 7.30. The highest BCUT2D eigenvalue weighted by Gasteiger charge is 2.04. The van der Waals surface area contributed by atoms with Crippen molar-refractivity contribution in [1.29, 1.82) is 0 Å². The van der Waals surface area contributed by atoms with Gasteiger partial charge in [0.15, 0.2) is 0 Å². The monoisotopic (exact) mass is 544 g/mol. The zero-order valence-electron chi connectivity index (χ0n) is 24.6. The van der Waals surface area contributed by atoms with Crippen LogP contribution in [-0.4, -0.2) is 22.3 Å². The van der Waals surface area contributed by atoms with Crippen LogP contribution in [0.15, 0.2) is 86.0 Å². The van der Waals surface area contributed by atoms with Crippen LogP contribution in [0.5, 0.6) is 11.5 Å². The maximum Gasteiger partial charge on any atom is 0.243 e. The summed E-state index contributed by atoms with van der Waals surface area (Å²) in [6, 6.07) is 17.0. The van der Waals surface area contributed by atoms with Crippen LogP contribution < -0.4 is 18.6 Å². The first-order valence-corrected chi connectivity index (χ1v) is 15.1. The van der Waals surface area contributed by atoms with Crippen molar-refractivity contribution in [3.63, 3.8) is 0 Å². The van der Waals surface area contributed by atoms with Crippen molar-refractivity contribution < 1.29 is 18.6 Å². The number of ether oxygens (including phenoxy) is 2. The van der Waals surface area contributed by atoms with Gasteiger partial charge < -0.3 is 9.47 Å². The summed E-state index contributed by atoms with van der Waals surface area (Å²) < 4.78 is 20.4. The first kappa shape index (κ1) is 29.4. The summed E-state index contributed by atoms with van der Waals surface area (Å²) in [5.41, 5.74) is 2.58. The standard InChI is InChI=1S/C34H48N4O2/c1-35-21-23-37(29-35)27-31-13-17-33(18-14-31)39-25-11-9-7-5-3-4-6-8-10-12-26-40-34-19-15-32(16-20-34)28-38-24-22-36(2)30-38/h13-24,29-30H,3-12,25-28H2,1-2H3/q+2. The van der Waals surface area contributed by atoms with E-state index >= 15 is 0 Å². The van der Waals surface area contributed by atoms with E-state index in [0.29, 0.717) is 0 Å². The van der Waals surface area contributed by atoms with E-state index in [4.69, 9.17) is 9.47 Å². The summed E-state index contributed by atoms with van der Waals surface area (Å²) >= 11 is 0. The van der Waals surface area contributed by atoms with Crippen molar-refractivity contribution >= 4 is 0 Å². The van der Waals surface area contributed by atoms with Crippen molar-refractivity contribution in [2.75, 3.05) is 13.2 Å². The van der Waals surface area contributed by atoms with E-state index < -0.39 is 0 Å². The smallest absolute Gasteiger partial charge is 0.243 e. The van der Waals surface area contributed by atoms with Gasteiger partial charge in [-0.05, 0) is 48.2 Å². The molecular formula is C34H48N4O2+2. The van der Waals surface area contributed by atoms with Gasteiger partial charge in [0.25, 0.3) is 0 Å². The Morgan fingerprint density at radius 1 is 0.500 bits per heavy atom. The first-order chi connectivity index (χ1) is 19.6. The molecule has 2 heterocycles. The van der Waals surface area contributed by atoms with Gasteiger partial charge in [0.1, 0.15) is 49.4 Å². The number of rotatable bonds is 19. The van der Waals surface area contributed by atoms with Gasteiger partial charge in [-0.25, -0.2) is 18.3 Å². The van der Waals surface area contributed by atoms with E-state index in [2.05, 4.69) is 104 Å². The minimum Gasteiger partial charge on any atom is -0.494 e. The Morgan fingerprint density at radius 3 is 1.18 bits per heavy atom. The van der Waals surface area contributed by atoms with E-state index in [9.17, 15) is 0 Å². The molecule has 0 fully saturated rings. The fraction of sp³-hybridized carbons (Fsp3) is 0.471. The lowest BCUT2D eigenvalue weighted by molar-refractivity contribution is -0.671. The molecule has 2 aromatic heterocycles. The molecule has 0 aliphatic heterocycles. The SMILES string of the molecule is C[n+]1ccn(Cc2ccc(OCCCCCCCCCCCCOc3ccc(Cn4cc[n+](C)c4)cc3)cc2)c1. The fourth-order valence-corrected chi connectivity index (χ4v) is 4.99. The second-order valence-electron chi connectivity index (χ2n) is 11.0. The Labute approximate surface area is 240 Å². The van der Waals surface area contributed by atoms with Crippen molar-refractivity contribution in [2.45, 2.75) is 77.3 Å². The Bertz CT molecular complexity index is 1130. The van der Waals surface area contributed by atoms with Gasteiger partial charge in [0.2, 0.25) is 12.7 Å². The molecule has 0 bridgehead atoms. The van der Waals surface area contributed by atoms with Gasteiger partial charge >= 0.3 is 0 Å². The van der Waals surface area contributed by atoms with Gasteiger partial charge in [-0.15, -0.1) is 0 Å². The van der Waals surface area contributed by atoms with Gasteiger partial charge in [-0.2, -0.15) is 0 Å². The molecule has 0 radical (unpaired) electrons. The van der Waals surface area contributed by atoms with E-state index in [1.54, 1.807) is 0 Å². The van der Waals surface area contributed by atoms with Crippen molar-refractivity contribution in [3.8, 4) is 11.5 Å². The maximum atomic E-state index is 5.94. The number of benzene rings is 2. The van der Waals surface area contributed by atoms with Crippen LogP contribution in [0, 0.1) is 0 Å². The summed E-state index contributed by atoms with van der Waals surface area (Å²) in [5.74, 6) is 1.95. The van der Waals surface area contributed by atoms with Gasteiger partial charge in [0, 0.05) is 0 Å². The van der Waals surface area contributed by atoms with E-state index in [-0.39, 0.29) is 0 Å². The molecule has 6 heteroatoms.